The van der Waals surface area contributed by atoms with Crippen LogP contribution in [0.2, 0.25) is 6.04 Å². The molecule has 1 rings (SSSR count). The van der Waals surface area contributed by atoms with Crippen LogP contribution in [-0.4, -0.2) is 50.1 Å². The lowest BCUT2D eigenvalue weighted by Gasteiger charge is -2.28. The molecule has 34 heavy (non-hydrogen) atoms. The summed E-state index contributed by atoms with van der Waals surface area (Å²) in [5.41, 5.74) is 17.0. The molecule has 0 bridgehead atoms. The minimum atomic E-state index is -2.49. The maximum atomic E-state index is 8.52. The molecule has 0 aromatic carbocycles. The quantitative estimate of drug-likeness (QED) is 0.0647. The average Bonchev–Trinajstić information content (AvgIpc) is 2.81. The van der Waals surface area contributed by atoms with Gasteiger partial charge in [0.25, 0.3) is 0 Å². The summed E-state index contributed by atoms with van der Waals surface area (Å²) in [6, 6.07) is 0.894. The minimum Gasteiger partial charge on any atom is -0.374 e. The lowest BCUT2D eigenvalue weighted by Crippen LogP contribution is -2.45. The maximum Gasteiger partial charge on any atom is 0.500 e. The number of nitrogens with one attached hydrogen (secondary N) is 1. The Morgan fingerprint density at radius 1 is 0.706 bits per heavy atom. The van der Waals surface area contributed by atoms with Gasteiger partial charge in [-0.3, -0.25) is 0 Å². The number of nitrogens with zero attached hydrogens (tertiary/aromatic N) is 9. The maximum absolute atomic E-state index is 8.52. The van der Waals surface area contributed by atoms with Crippen LogP contribution >= 0.6 is 0 Å². The monoisotopic (exact) mass is 494 g/mol. The number of aromatic nitrogens is 3. The third-order valence-corrected chi connectivity index (χ3v) is 8.07. The summed E-state index contributed by atoms with van der Waals surface area (Å²) in [7, 11) is -2.49. The third-order valence-electron chi connectivity index (χ3n) is 4.92. The van der Waals surface area contributed by atoms with Crippen LogP contribution in [0, 0.1) is 0 Å². The Bertz CT molecular complexity index is 735. The standard InChI is InChI=1S/C20H38N10O3Si/c1-4-31-34(32-5-2,33-6-3)17-15-13-11-9-7-8-10-12-14-16-23-18-24-19(27-29-21)26-20(25-18)28-30-22/h4-17H2,1-3H3,(H,23,24,25,26). The molecule has 0 saturated heterocycles. The number of anilines is 1. The Morgan fingerprint density at radius 3 is 1.59 bits per heavy atom. The summed E-state index contributed by atoms with van der Waals surface area (Å²) in [6.07, 6.45) is 10.4. The van der Waals surface area contributed by atoms with Crippen LogP contribution in [-0.2, 0) is 13.3 Å². The van der Waals surface area contributed by atoms with E-state index in [2.05, 4.69) is 40.3 Å². The zero-order chi connectivity index (χ0) is 24.9. The first-order valence-corrected chi connectivity index (χ1v) is 14.1. The van der Waals surface area contributed by atoms with Crippen LogP contribution in [0.25, 0.3) is 20.9 Å². The van der Waals surface area contributed by atoms with Crippen molar-refractivity contribution in [2.45, 2.75) is 84.6 Å². The molecule has 0 radical (unpaired) electrons. The lowest BCUT2D eigenvalue weighted by molar-refractivity contribution is 0.0706. The third kappa shape index (κ3) is 12.7. The molecule has 13 nitrogen and oxygen atoms in total. The largest absolute Gasteiger partial charge is 0.500 e. The van der Waals surface area contributed by atoms with E-state index in [0.29, 0.717) is 26.4 Å². The highest BCUT2D eigenvalue weighted by atomic mass is 28.4. The Balaban J connectivity index is 2.14. The average molecular weight is 495 g/mol. The van der Waals surface area contributed by atoms with Gasteiger partial charge in [0.05, 0.1) is 0 Å². The SMILES string of the molecule is CCO[Si](CCCCCCCCCCCNc1nc(N=[N+]=[N-])nc(N=[N+]=[N-])n1)(OCC)OCC. The van der Waals surface area contributed by atoms with Gasteiger partial charge in [-0.05, 0) is 54.9 Å². The van der Waals surface area contributed by atoms with Crippen LogP contribution in [0.5, 0.6) is 0 Å². The molecular weight excluding hydrogens is 456 g/mol. The number of hydrogen-bond acceptors (Lipinski definition) is 9. The zero-order valence-corrected chi connectivity index (χ0v) is 21.6. The molecular formula is C20H38N10O3Si. The molecule has 0 aliphatic rings. The van der Waals surface area contributed by atoms with Crippen LogP contribution in [0.4, 0.5) is 17.8 Å². The van der Waals surface area contributed by atoms with Gasteiger partial charge in [0, 0.05) is 42.2 Å². The fourth-order valence-electron chi connectivity index (χ4n) is 3.51. The van der Waals surface area contributed by atoms with Crippen molar-refractivity contribution in [1.29, 1.82) is 0 Å². The number of azide groups is 2. The van der Waals surface area contributed by atoms with Crippen LogP contribution in [0.1, 0.15) is 78.6 Å². The Hall–Kier alpha value is -2.47. The summed E-state index contributed by atoms with van der Waals surface area (Å²) in [6.45, 7) is 8.53. The molecule has 190 valence electrons. The van der Waals surface area contributed by atoms with Crippen LogP contribution < -0.4 is 5.32 Å². The fraction of sp³-hybridized carbons (Fsp3) is 0.850. The van der Waals surface area contributed by atoms with Crippen molar-refractivity contribution >= 4 is 26.6 Å². The van der Waals surface area contributed by atoms with Gasteiger partial charge in [0.15, 0.2) is 0 Å². The number of unbranched alkanes of at least 4 members (excludes halogenated alkanes) is 8. The van der Waals surface area contributed by atoms with Gasteiger partial charge in [-0.15, -0.1) is 0 Å². The Morgan fingerprint density at radius 2 is 1.15 bits per heavy atom. The van der Waals surface area contributed by atoms with Gasteiger partial charge in [-0.25, -0.2) is 4.98 Å². The van der Waals surface area contributed by atoms with Crippen molar-refractivity contribution in [2.75, 3.05) is 31.7 Å². The summed E-state index contributed by atoms with van der Waals surface area (Å²) < 4.78 is 17.7. The molecule has 0 saturated carbocycles. The molecule has 1 aromatic heterocycles. The van der Waals surface area contributed by atoms with Gasteiger partial charge < -0.3 is 18.6 Å². The number of hydrogen-bond donors (Lipinski definition) is 1. The second-order valence-electron chi connectivity index (χ2n) is 7.48. The van der Waals surface area contributed by atoms with Gasteiger partial charge >= 0.3 is 8.80 Å². The highest BCUT2D eigenvalue weighted by Crippen LogP contribution is 2.21. The van der Waals surface area contributed by atoms with E-state index in [1.807, 2.05) is 20.8 Å². The van der Waals surface area contributed by atoms with Crippen molar-refractivity contribution in [1.82, 2.24) is 15.0 Å². The predicted octanol–water partition coefficient (Wildman–Crippen LogP) is 6.73. The van der Waals surface area contributed by atoms with Crippen LogP contribution in [0.15, 0.2) is 10.2 Å². The molecule has 0 aliphatic carbocycles. The summed E-state index contributed by atoms with van der Waals surface area (Å²) in [5, 5.41) is 9.71. The van der Waals surface area contributed by atoms with E-state index in [0.717, 1.165) is 25.3 Å². The summed E-state index contributed by atoms with van der Waals surface area (Å²) in [5.74, 6) is -0.0434. The van der Waals surface area contributed by atoms with Gasteiger partial charge in [0.1, 0.15) is 0 Å². The molecule has 1 heterocycles. The summed E-state index contributed by atoms with van der Waals surface area (Å²) in [4.78, 5) is 17.0. The first-order valence-electron chi connectivity index (χ1n) is 12.1. The molecule has 0 spiro atoms. The molecule has 1 N–H and O–H groups in total. The van der Waals surface area contributed by atoms with Crippen molar-refractivity contribution in [3.63, 3.8) is 0 Å². The molecule has 0 fully saturated rings. The summed E-state index contributed by atoms with van der Waals surface area (Å²) >= 11 is 0. The minimum absolute atomic E-state index is 0.135. The molecule has 0 amide bonds. The van der Waals surface area contributed by atoms with E-state index >= 15 is 0 Å². The van der Waals surface area contributed by atoms with E-state index in [1.54, 1.807) is 0 Å². The normalized spacial score (nSPS) is 11.0. The second kappa shape index (κ2) is 18.9. The highest BCUT2D eigenvalue weighted by molar-refractivity contribution is 6.60. The van der Waals surface area contributed by atoms with Gasteiger partial charge in [0.2, 0.25) is 17.8 Å². The first-order chi connectivity index (χ1) is 16.6. The zero-order valence-electron chi connectivity index (χ0n) is 20.6. The molecule has 0 unspecified atom stereocenters. The molecule has 14 heteroatoms. The van der Waals surface area contributed by atoms with E-state index < -0.39 is 8.80 Å². The van der Waals surface area contributed by atoms with Crippen LogP contribution in [0.3, 0.4) is 0 Å². The topological polar surface area (TPSA) is 176 Å². The van der Waals surface area contributed by atoms with Crippen molar-refractivity contribution < 1.29 is 13.3 Å². The predicted molar refractivity (Wildman–Crippen MR) is 133 cm³/mol. The molecule has 1 aromatic rings. The van der Waals surface area contributed by atoms with E-state index in [-0.39, 0.29) is 17.8 Å². The Kier molecular flexibility index (Phi) is 16.4. The molecule has 0 aliphatic heterocycles. The lowest BCUT2D eigenvalue weighted by atomic mass is 10.1. The first kappa shape index (κ1) is 29.6. The fourth-order valence-corrected chi connectivity index (χ4v) is 6.19. The van der Waals surface area contributed by atoms with Gasteiger partial charge in [-0.1, -0.05) is 44.9 Å². The van der Waals surface area contributed by atoms with E-state index in [1.165, 1.54) is 38.5 Å². The van der Waals surface area contributed by atoms with Crippen molar-refractivity contribution in [3.8, 4) is 0 Å². The Labute approximate surface area is 202 Å². The van der Waals surface area contributed by atoms with Crippen molar-refractivity contribution in [3.05, 3.63) is 20.9 Å². The second-order valence-corrected chi connectivity index (χ2v) is 10.2. The highest BCUT2D eigenvalue weighted by Gasteiger charge is 2.39. The smallest absolute Gasteiger partial charge is 0.374 e. The van der Waals surface area contributed by atoms with Gasteiger partial charge in [-0.2, -0.15) is 9.97 Å². The van der Waals surface area contributed by atoms with E-state index in [4.69, 9.17) is 24.3 Å². The van der Waals surface area contributed by atoms with E-state index in [9.17, 15) is 0 Å². The molecule has 0 atom stereocenters. The van der Waals surface area contributed by atoms with Crippen molar-refractivity contribution in [2.24, 2.45) is 10.2 Å². The number of rotatable bonds is 21.